The molecule has 0 saturated carbocycles. The molecule has 4 aromatic rings. The lowest BCUT2D eigenvalue weighted by Gasteiger charge is -2.22. The van der Waals surface area contributed by atoms with Crippen LogP contribution < -0.4 is 10.9 Å². The van der Waals surface area contributed by atoms with Crippen LogP contribution in [0.15, 0.2) is 107 Å². The van der Waals surface area contributed by atoms with Gasteiger partial charge in [0.25, 0.3) is 0 Å². The maximum Gasteiger partial charge on any atom is 0.244 e. The van der Waals surface area contributed by atoms with Crippen molar-refractivity contribution in [2.75, 3.05) is 0 Å². The zero-order chi connectivity index (χ0) is 26.1. The minimum Gasteiger partial charge on any atom is -0.273 e. The fourth-order valence-electron chi connectivity index (χ4n) is 5.10. The molecule has 2 N–H and O–H groups in total. The Hall–Kier alpha value is -4.78. The highest BCUT2D eigenvalue weighted by Crippen LogP contribution is 2.28. The van der Waals surface area contributed by atoms with E-state index in [1.54, 1.807) is 7.85 Å². The molecular formula is C31H25BN4O2. The number of nitrogens with one attached hydrogen (secondary N) is 2. The quantitative estimate of drug-likeness (QED) is 0.223. The van der Waals surface area contributed by atoms with Gasteiger partial charge in [-0.3, -0.25) is 9.59 Å². The molecule has 0 radical (unpaired) electrons. The van der Waals surface area contributed by atoms with Crippen molar-refractivity contribution >= 4 is 31.1 Å². The number of amides is 2. The van der Waals surface area contributed by atoms with Gasteiger partial charge in [0.15, 0.2) is 0 Å². The predicted molar refractivity (Wildman–Crippen MR) is 151 cm³/mol. The van der Waals surface area contributed by atoms with Crippen LogP contribution in [0.5, 0.6) is 0 Å². The summed E-state index contributed by atoms with van der Waals surface area (Å²) in [5.74, 6) is -1.99. The van der Waals surface area contributed by atoms with E-state index in [1.807, 2.05) is 72.8 Å². The Morgan fingerprint density at radius 2 is 0.842 bits per heavy atom. The largest absolute Gasteiger partial charge is 0.273 e. The van der Waals surface area contributed by atoms with Gasteiger partial charge in [0.1, 0.15) is 7.85 Å². The van der Waals surface area contributed by atoms with Gasteiger partial charge in [0.2, 0.25) is 11.8 Å². The van der Waals surface area contributed by atoms with Crippen molar-refractivity contribution in [3.05, 3.63) is 142 Å². The second-order valence-electron chi connectivity index (χ2n) is 9.58. The third kappa shape index (κ3) is 4.32. The van der Waals surface area contributed by atoms with Crippen molar-refractivity contribution in [2.45, 2.75) is 18.7 Å². The van der Waals surface area contributed by atoms with Crippen LogP contribution in [0.25, 0.3) is 0 Å². The lowest BCUT2D eigenvalue weighted by molar-refractivity contribution is -0.129. The molecule has 2 aliphatic carbocycles. The lowest BCUT2D eigenvalue weighted by Crippen LogP contribution is -2.35. The van der Waals surface area contributed by atoms with Crippen LogP contribution in [0.3, 0.4) is 0 Å². The smallest absolute Gasteiger partial charge is 0.244 e. The van der Waals surface area contributed by atoms with Gasteiger partial charge >= 0.3 is 0 Å². The predicted octanol–water partition coefficient (Wildman–Crippen LogP) is 3.35. The van der Waals surface area contributed by atoms with E-state index in [0.29, 0.717) is 11.4 Å². The van der Waals surface area contributed by atoms with Crippen LogP contribution in [0, 0.1) is 0 Å². The number of hydrogen-bond donors (Lipinski definition) is 2. The van der Waals surface area contributed by atoms with Crippen LogP contribution in [0.2, 0.25) is 5.82 Å². The molecule has 0 saturated heterocycles. The first-order valence-electron chi connectivity index (χ1n) is 12.7. The molecule has 2 aliphatic rings. The number of benzene rings is 4. The Morgan fingerprint density at radius 1 is 0.553 bits per heavy atom. The Bertz CT molecular complexity index is 1430. The highest BCUT2D eigenvalue weighted by molar-refractivity contribution is 6.36. The fourth-order valence-corrected chi connectivity index (χ4v) is 5.10. The molecule has 2 amide bonds. The van der Waals surface area contributed by atoms with Gasteiger partial charge in [-0.05, 0) is 35.1 Å². The zero-order valence-electron chi connectivity index (χ0n) is 20.9. The number of hydrogen-bond acceptors (Lipinski definition) is 4. The lowest BCUT2D eigenvalue weighted by atomic mass is 9.84. The van der Waals surface area contributed by atoms with Crippen molar-refractivity contribution < 1.29 is 9.59 Å². The summed E-state index contributed by atoms with van der Waals surface area (Å²) in [5.41, 5.74) is 15.1. The van der Waals surface area contributed by atoms with Crippen molar-refractivity contribution in [1.29, 1.82) is 0 Å². The molecule has 6 rings (SSSR count). The van der Waals surface area contributed by atoms with E-state index >= 15 is 0 Å². The van der Waals surface area contributed by atoms with E-state index < -0.39 is 17.6 Å². The third-order valence-electron chi connectivity index (χ3n) is 7.19. The highest BCUT2D eigenvalue weighted by atomic mass is 16.2. The molecule has 4 aromatic carbocycles. The first-order valence-corrected chi connectivity index (χ1v) is 12.7. The SMILES string of the molecule is BC(C(=O)NN=C1c2ccccc2Cc2ccccc21)C(=O)NN=C1c2ccccc2Cc2ccccc21. The number of nitrogens with zero attached hydrogens (tertiary/aromatic N) is 2. The third-order valence-corrected chi connectivity index (χ3v) is 7.19. The van der Waals surface area contributed by atoms with E-state index in [4.69, 9.17) is 0 Å². The van der Waals surface area contributed by atoms with Gasteiger partial charge in [0.05, 0.1) is 17.2 Å². The second kappa shape index (κ2) is 9.94. The molecule has 0 spiro atoms. The molecular weight excluding hydrogens is 471 g/mol. The standard InChI is InChI=1S/C31H25BN4O2/c32-27(30(37)35-33-28-23-13-5-1-9-19(23)17-20-10-2-6-14-24(20)28)31(38)36-34-29-25-15-7-3-11-21(25)18-22-12-4-8-16-26(22)29/h1-16,27H,17-18,32H2,(H,35,37)(H,36,38). The first-order chi connectivity index (χ1) is 18.6. The van der Waals surface area contributed by atoms with Crippen LogP contribution in [-0.2, 0) is 22.4 Å². The van der Waals surface area contributed by atoms with E-state index in [1.165, 1.54) is 0 Å². The highest BCUT2D eigenvalue weighted by Gasteiger charge is 2.25. The van der Waals surface area contributed by atoms with E-state index in [9.17, 15) is 9.59 Å². The maximum absolute atomic E-state index is 13.0. The molecule has 6 nitrogen and oxygen atoms in total. The minimum atomic E-state index is -0.994. The molecule has 0 atom stereocenters. The summed E-state index contributed by atoms with van der Waals surface area (Å²) < 4.78 is 0. The second-order valence-corrected chi connectivity index (χ2v) is 9.58. The summed E-state index contributed by atoms with van der Waals surface area (Å²) in [7, 11) is 1.55. The van der Waals surface area contributed by atoms with Crippen LogP contribution in [0.1, 0.15) is 44.5 Å². The van der Waals surface area contributed by atoms with Gasteiger partial charge < -0.3 is 0 Å². The Kier molecular flexibility index (Phi) is 6.18. The van der Waals surface area contributed by atoms with Crippen molar-refractivity contribution in [3.63, 3.8) is 0 Å². The van der Waals surface area contributed by atoms with Crippen LogP contribution in [-0.4, -0.2) is 31.1 Å². The first kappa shape index (κ1) is 23.6. The Balaban J connectivity index is 1.22. The average Bonchev–Trinajstić information content (AvgIpc) is 2.96. The molecule has 7 heteroatoms. The summed E-state index contributed by atoms with van der Waals surface area (Å²) in [6.07, 6.45) is 1.62. The van der Waals surface area contributed by atoms with Crippen molar-refractivity contribution in [1.82, 2.24) is 10.9 Å². The molecule has 0 bridgehead atoms. The van der Waals surface area contributed by atoms with E-state index in [2.05, 4.69) is 45.3 Å². The van der Waals surface area contributed by atoms with Crippen LogP contribution >= 0.6 is 0 Å². The normalized spacial score (nSPS) is 13.0. The van der Waals surface area contributed by atoms with Gasteiger partial charge in [0, 0.05) is 22.3 Å². The van der Waals surface area contributed by atoms with E-state index in [0.717, 1.165) is 57.3 Å². The van der Waals surface area contributed by atoms with Gasteiger partial charge in [-0.25, -0.2) is 10.9 Å². The molecule has 0 aliphatic heterocycles. The number of rotatable bonds is 4. The summed E-state index contributed by atoms with van der Waals surface area (Å²) >= 11 is 0. The number of fused-ring (bicyclic) bond motifs is 4. The number of hydrazone groups is 2. The van der Waals surface area contributed by atoms with Crippen LogP contribution in [0.4, 0.5) is 0 Å². The fraction of sp³-hybridized carbons (Fsp3) is 0.0968. The Labute approximate surface area is 221 Å². The molecule has 0 fully saturated rings. The molecule has 184 valence electrons. The molecule has 0 heterocycles. The maximum atomic E-state index is 13.0. The minimum absolute atomic E-state index is 0.500. The number of carbonyl (C=O) groups is 2. The van der Waals surface area contributed by atoms with Gasteiger partial charge in [-0.15, -0.1) is 0 Å². The van der Waals surface area contributed by atoms with Crippen molar-refractivity contribution in [3.8, 4) is 0 Å². The summed E-state index contributed by atoms with van der Waals surface area (Å²) in [6.45, 7) is 0. The zero-order valence-corrected chi connectivity index (χ0v) is 20.9. The average molecular weight is 496 g/mol. The topological polar surface area (TPSA) is 82.9 Å². The molecule has 0 unspecified atom stereocenters. The molecule has 38 heavy (non-hydrogen) atoms. The molecule has 0 aromatic heterocycles. The number of carbonyl (C=O) groups excluding carboxylic acids is 2. The van der Waals surface area contributed by atoms with E-state index in [-0.39, 0.29) is 0 Å². The summed E-state index contributed by atoms with van der Waals surface area (Å²) in [4.78, 5) is 25.9. The van der Waals surface area contributed by atoms with Gasteiger partial charge in [-0.2, -0.15) is 10.2 Å². The van der Waals surface area contributed by atoms with Crippen molar-refractivity contribution in [2.24, 2.45) is 10.2 Å². The van der Waals surface area contributed by atoms with Gasteiger partial charge in [-0.1, -0.05) is 97.1 Å². The monoisotopic (exact) mass is 496 g/mol. The summed E-state index contributed by atoms with van der Waals surface area (Å²) in [6, 6.07) is 32.1. The summed E-state index contributed by atoms with van der Waals surface area (Å²) in [5, 5.41) is 8.96. The Morgan fingerprint density at radius 3 is 1.16 bits per heavy atom.